The summed E-state index contributed by atoms with van der Waals surface area (Å²) in [7, 11) is 0. The number of benzene rings is 1. The van der Waals surface area contributed by atoms with Crippen molar-refractivity contribution in [2.45, 2.75) is 6.42 Å². The predicted octanol–water partition coefficient (Wildman–Crippen LogP) is 1.93. The largest absolute Gasteiger partial charge is 0.506 e. The Morgan fingerprint density at radius 1 is 1.12 bits per heavy atom. The molecule has 1 aliphatic rings. The Labute approximate surface area is 146 Å². The molecule has 5 nitrogen and oxygen atoms in total. The average Bonchev–Trinajstić information content (AvgIpc) is 3.10. The van der Waals surface area contributed by atoms with Crippen molar-refractivity contribution in [1.29, 1.82) is 0 Å². The Bertz CT molecular complexity index is 652. The monoisotopic (exact) mass is 345 g/mol. The van der Waals surface area contributed by atoms with E-state index in [9.17, 15) is 9.90 Å². The number of nitrogens with zero attached hydrogens (tertiary/aromatic N) is 2. The molecule has 0 spiro atoms. The van der Waals surface area contributed by atoms with Crippen LogP contribution in [0, 0.1) is 0 Å². The summed E-state index contributed by atoms with van der Waals surface area (Å²) < 4.78 is 0. The number of para-hydroxylation sites is 2. The molecule has 0 unspecified atom stereocenters. The molecule has 2 aromatic rings. The molecule has 0 aliphatic carbocycles. The van der Waals surface area contributed by atoms with E-state index in [1.54, 1.807) is 17.4 Å². The van der Waals surface area contributed by atoms with Crippen molar-refractivity contribution in [2.24, 2.45) is 0 Å². The fourth-order valence-electron chi connectivity index (χ4n) is 2.92. The number of phenolic OH excluding ortho intramolecular Hbond substituents is 1. The van der Waals surface area contributed by atoms with Gasteiger partial charge in [0.15, 0.2) is 0 Å². The van der Waals surface area contributed by atoms with E-state index in [1.165, 1.54) is 4.88 Å². The van der Waals surface area contributed by atoms with Crippen molar-refractivity contribution in [3.63, 3.8) is 0 Å². The zero-order valence-electron chi connectivity index (χ0n) is 13.6. The van der Waals surface area contributed by atoms with E-state index < -0.39 is 0 Å². The summed E-state index contributed by atoms with van der Waals surface area (Å²) >= 11 is 1.72. The summed E-state index contributed by atoms with van der Waals surface area (Å²) in [6.45, 7) is 4.43. The minimum Gasteiger partial charge on any atom is -0.506 e. The van der Waals surface area contributed by atoms with Crippen LogP contribution < -0.4 is 10.2 Å². The van der Waals surface area contributed by atoms with E-state index in [0.717, 1.165) is 38.3 Å². The van der Waals surface area contributed by atoms with Crippen molar-refractivity contribution in [2.75, 3.05) is 44.2 Å². The van der Waals surface area contributed by atoms with E-state index in [4.69, 9.17) is 0 Å². The van der Waals surface area contributed by atoms with Gasteiger partial charge in [-0.05, 0) is 30.0 Å². The SMILES string of the molecule is O=C(CN1CCN(c2ccccc2O)CC1)NCCc1cccs1. The maximum atomic E-state index is 12.0. The van der Waals surface area contributed by atoms with Gasteiger partial charge in [0.1, 0.15) is 5.75 Å². The summed E-state index contributed by atoms with van der Waals surface area (Å²) in [5, 5.41) is 15.0. The minimum atomic E-state index is 0.0857. The normalized spacial score (nSPS) is 15.4. The highest BCUT2D eigenvalue weighted by atomic mass is 32.1. The molecular formula is C18H23N3O2S. The van der Waals surface area contributed by atoms with Crippen LogP contribution in [-0.4, -0.2) is 55.2 Å². The van der Waals surface area contributed by atoms with E-state index in [-0.39, 0.29) is 5.91 Å². The number of hydrogen-bond donors (Lipinski definition) is 2. The third-order valence-corrected chi connectivity index (χ3v) is 5.17. The number of carbonyl (C=O) groups is 1. The van der Waals surface area contributed by atoms with Crippen LogP contribution in [0.3, 0.4) is 0 Å². The Morgan fingerprint density at radius 3 is 2.62 bits per heavy atom. The van der Waals surface area contributed by atoms with Crippen LogP contribution in [0.2, 0.25) is 0 Å². The van der Waals surface area contributed by atoms with Crippen LogP contribution in [-0.2, 0) is 11.2 Å². The first kappa shape index (κ1) is 16.8. The molecule has 0 radical (unpaired) electrons. The maximum Gasteiger partial charge on any atom is 0.234 e. The van der Waals surface area contributed by atoms with Crippen LogP contribution in [0.1, 0.15) is 4.88 Å². The second kappa shape index (κ2) is 8.17. The Kier molecular flexibility index (Phi) is 5.72. The first-order valence-electron chi connectivity index (χ1n) is 8.27. The van der Waals surface area contributed by atoms with E-state index in [1.807, 2.05) is 24.3 Å². The van der Waals surface area contributed by atoms with Gasteiger partial charge < -0.3 is 15.3 Å². The molecule has 0 saturated carbocycles. The van der Waals surface area contributed by atoms with Gasteiger partial charge in [0.25, 0.3) is 0 Å². The topological polar surface area (TPSA) is 55.8 Å². The molecule has 6 heteroatoms. The van der Waals surface area contributed by atoms with Crippen molar-refractivity contribution in [3.05, 3.63) is 46.7 Å². The molecule has 24 heavy (non-hydrogen) atoms. The number of anilines is 1. The van der Waals surface area contributed by atoms with Gasteiger partial charge in [-0.1, -0.05) is 18.2 Å². The van der Waals surface area contributed by atoms with Crippen molar-refractivity contribution >= 4 is 22.9 Å². The first-order valence-corrected chi connectivity index (χ1v) is 9.15. The number of piperazine rings is 1. The van der Waals surface area contributed by atoms with Crippen LogP contribution in [0.5, 0.6) is 5.75 Å². The molecule has 1 aliphatic heterocycles. The van der Waals surface area contributed by atoms with Gasteiger partial charge in [-0.3, -0.25) is 9.69 Å². The molecule has 0 bridgehead atoms. The minimum absolute atomic E-state index is 0.0857. The third kappa shape index (κ3) is 4.49. The maximum absolute atomic E-state index is 12.0. The van der Waals surface area contributed by atoms with Gasteiger partial charge in [0, 0.05) is 37.6 Å². The molecule has 1 saturated heterocycles. The Balaban J connectivity index is 1.39. The summed E-state index contributed by atoms with van der Waals surface area (Å²) in [5.41, 5.74) is 0.873. The standard InChI is InChI=1S/C18H23N3O2S/c22-17-6-2-1-5-16(17)21-11-9-20(10-12-21)14-18(23)19-8-7-15-4-3-13-24-15/h1-6,13,22H,7-12,14H2,(H,19,23). The van der Waals surface area contributed by atoms with Crippen LogP contribution in [0.25, 0.3) is 0 Å². The fourth-order valence-corrected chi connectivity index (χ4v) is 3.63. The smallest absolute Gasteiger partial charge is 0.234 e. The molecule has 1 amide bonds. The molecular weight excluding hydrogens is 322 g/mol. The molecule has 1 aromatic carbocycles. The average molecular weight is 345 g/mol. The number of amides is 1. The molecule has 0 atom stereocenters. The predicted molar refractivity (Wildman–Crippen MR) is 97.8 cm³/mol. The number of hydrogen-bond acceptors (Lipinski definition) is 5. The molecule has 2 heterocycles. The molecule has 2 N–H and O–H groups in total. The lowest BCUT2D eigenvalue weighted by Crippen LogP contribution is -2.49. The molecule has 128 valence electrons. The summed E-state index contributed by atoms with van der Waals surface area (Å²) in [4.78, 5) is 17.7. The van der Waals surface area contributed by atoms with E-state index in [2.05, 4.69) is 26.6 Å². The van der Waals surface area contributed by atoms with E-state index in [0.29, 0.717) is 18.8 Å². The van der Waals surface area contributed by atoms with Crippen molar-refractivity contribution in [1.82, 2.24) is 10.2 Å². The number of thiophene rings is 1. The van der Waals surface area contributed by atoms with E-state index >= 15 is 0 Å². The summed E-state index contributed by atoms with van der Waals surface area (Å²) in [6.07, 6.45) is 0.893. The zero-order chi connectivity index (χ0) is 16.8. The number of phenols is 1. The fraction of sp³-hybridized carbons (Fsp3) is 0.389. The quantitative estimate of drug-likeness (QED) is 0.840. The second-order valence-corrected chi connectivity index (χ2v) is 6.96. The van der Waals surface area contributed by atoms with Gasteiger partial charge in [0.2, 0.25) is 5.91 Å². The second-order valence-electron chi connectivity index (χ2n) is 5.93. The van der Waals surface area contributed by atoms with Gasteiger partial charge in [0.05, 0.1) is 12.2 Å². The van der Waals surface area contributed by atoms with Crippen LogP contribution in [0.15, 0.2) is 41.8 Å². The third-order valence-electron chi connectivity index (χ3n) is 4.24. The lowest BCUT2D eigenvalue weighted by atomic mass is 10.2. The van der Waals surface area contributed by atoms with Crippen LogP contribution in [0.4, 0.5) is 5.69 Å². The lowest BCUT2D eigenvalue weighted by Gasteiger charge is -2.35. The first-order chi connectivity index (χ1) is 11.7. The van der Waals surface area contributed by atoms with Crippen molar-refractivity contribution in [3.8, 4) is 5.75 Å². The van der Waals surface area contributed by atoms with Gasteiger partial charge in [-0.15, -0.1) is 11.3 Å². The van der Waals surface area contributed by atoms with Crippen LogP contribution >= 0.6 is 11.3 Å². The number of nitrogens with one attached hydrogen (secondary N) is 1. The number of aromatic hydroxyl groups is 1. The highest BCUT2D eigenvalue weighted by Crippen LogP contribution is 2.27. The Morgan fingerprint density at radius 2 is 1.92 bits per heavy atom. The van der Waals surface area contributed by atoms with Gasteiger partial charge >= 0.3 is 0 Å². The highest BCUT2D eigenvalue weighted by molar-refractivity contribution is 7.09. The number of carbonyl (C=O) groups excluding carboxylic acids is 1. The Hall–Kier alpha value is -2.05. The summed E-state index contributed by atoms with van der Waals surface area (Å²) in [5.74, 6) is 0.403. The van der Waals surface area contributed by atoms with Crippen molar-refractivity contribution < 1.29 is 9.90 Å². The highest BCUT2D eigenvalue weighted by Gasteiger charge is 2.20. The molecule has 3 rings (SSSR count). The number of rotatable bonds is 6. The zero-order valence-corrected chi connectivity index (χ0v) is 14.5. The van der Waals surface area contributed by atoms with Gasteiger partial charge in [-0.25, -0.2) is 0 Å². The van der Waals surface area contributed by atoms with Gasteiger partial charge in [-0.2, -0.15) is 0 Å². The summed E-state index contributed by atoms with van der Waals surface area (Å²) in [6, 6.07) is 11.5. The lowest BCUT2D eigenvalue weighted by molar-refractivity contribution is -0.122. The molecule has 1 aromatic heterocycles. The molecule has 1 fully saturated rings.